The van der Waals surface area contributed by atoms with Crippen LogP contribution in [0.15, 0.2) is 59.6 Å². The van der Waals surface area contributed by atoms with Crippen molar-refractivity contribution in [3.63, 3.8) is 0 Å². The van der Waals surface area contributed by atoms with Gasteiger partial charge in [0.05, 0.1) is 13.2 Å². The Kier molecular flexibility index (Phi) is 7.63. The molecule has 0 radical (unpaired) electrons. The van der Waals surface area contributed by atoms with Gasteiger partial charge in [-0.25, -0.2) is 4.99 Å². The molecular weight excluding hydrogens is 302 g/mol. The van der Waals surface area contributed by atoms with Gasteiger partial charge in [-0.05, 0) is 25.1 Å². The Balaban J connectivity index is 2.06. The van der Waals surface area contributed by atoms with Crippen LogP contribution in [0.4, 0.5) is 0 Å². The Hall–Kier alpha value is -2.53. The van der Waals surface area contributed by atoms with Gasteiger partial charge >= 0.3 is 0 Å². The summed E-state index contributed by atoms with van der Waals surface area (Å²) in [5.74, 6) is 2.41. The van der Waals surface area contributed by atoms with Gasteiger partial charge in [0.1, 0.15) is 11.5 Å². The van der Waals surface area contributed by atoms with Crippen LogP contribution in [0.1, 0.15) is 12.5 Å². The molecule has 0 atom stereocenters. The van der Waals surface area contributed by atoms with Crippen molar-refractivity contribution < 1.29 is 9.47 Å². The third-order valence-corrected chi connectivity index (χ3v) is 3.29. The zero-order valence-corrected chi connectivity index (χ0v) is 14.3. The molecule has 0 aliphatic carbocycles. The highest BCUT2D eigenvalue weighted by atomic mass is 16.5. The molecule has 2 rings (SSSR count). The standard InChI is InChI=1S/C19H25N3O2/c1-3-20-19(21-13-14-23-2)22-15-16-9-7-8-12-18(16)24-17-10-5-4-6-11-17/h4-12H,3,13-15H2,1-2H3,(H2,20,21,22). The molecule has 2 aromatic carbocycles. The quantitative estimate of drug-likeness (QED) is 0.444. The van der Waals surface area contributed by atoms with E-state index in [2.05, 4.69) is 15.6 Å². The van der Waals surface area contributed by atoms with Crippen LogP contribution in [0, 0.1) is 0 Å². The van der Waals surface area contributed by atoms with Crippen molar-refractivity contribution in [2.45, 2.75) is 13.5 Å². The summed E-state index contributed by atoms with van der Waals surface area (Å²) in [6.45, 7) is 4.73. The lowest BCUT2D eigenvalue weighted by atomic mass is 10.2. The van der Waals surface area contributed by atoms with Crippen LogP contribution in [-0.2, 0) is 11.3 Å². The minimum absolute atomic E-state index is 0.533. The number of hydrogen-bond acceptors (Lipinski definition) is 3. The van der Waals surface area contributed by atoms with Crippen molar-refractivity contribution in [2.75, 3.05) is 26.8 Å². The second kappa shape index (κ2) is 10.3. The fraction of sp³-hybridized carbons (Fsp3) is 0.316. The van der Waals surface area contributed by atoms with Crippen LogP contribution in [0.25, 0.3) is 0 Å². The molecule has 0 aromatic heterocycles. The minimum atomic E-state index is 0.533. The summed E-state index contributed by atoms with van der Waals surface area (Å²) < 4.78 is 11.0. The van der Waals surface area contributed by atoms with Crippen molar-refractivity contribution in [3.8, 4) is 11.5 Å². The molecule has 0 saturated heterocycles. The first-order valence-corrected chi connectivity index (χ1v) is 8.15. The summed E-state index contributed by atoms with van der Waals surface area (Å²) in [5, 5.41) is 6.46. The van der Waals surface area contributed by atoms with Gasteiger partial charge in [0, 0.05) is 25.8 Å². The maximum Gasteiger partial charge on any atom is 0.191 e. The monoisotopic (exact) mass is 327 g/mol. The molecule has 128 valence electrons. The van der Waals surface area contributed by atoms with Crippen molar-refractivity contribution in [3.05, 3.63) is 60.2 Å². The average Bonchev–Trinajstić information content (AvgIpc) is 2.62. The first kappa shape index (κ1) is 17.8. The SMILES string of the molecule is CCNC(=NCc1ccccc1Oc1ccccc1)NCCOC. The molecule has 0 fully saturated rings. The topological polar surface area (TPSA) is 54.9 Å². The summed E-state index contributed by atoms with van der Waals surface area (Å²) in [6, 6.07) is 17.7. The number of guanidine groups is 1. The first-order chi connectivity index (χ1) is 11.8. The van der Waals surface area contributed by atoms with E-state index in [9.17, 15) is 0 Å². The smallest absolute Gasteiger partial charge is 0.191 e. The van der Waals surface area contributed by atoms with Crippen molar-refractivity contribution >= 4 is 5.96 Å². The molecule has 24 heavy (non-hydrogen) atoms. The van der Waals surface area contributed by atoms with E-state index < -0.39 is 0 Å². The van der Waals surface area contributed by atoms with Gasteiger partial charge < -0.3 is 20.1 Å². The minimum Gasteiger partial charge on any atom is -0.457 e. The van der Waals surface area contributed by atoms with Gasteiger partial charge in [-0.1, -0.05) is 36.4 Å². The maximum atomic E-state index is 5.97. The van der Waals surface area contributed by atoms with Gasteiger partial charge in [-0.15, -0.1) is 0 Å². The fourth-order valence-corrected chi connectivity index (χ4v) is 2.13. The summed E-state index contributed by atoms with van der Waals surface area (Å²) in [4.78, 5) is 4.62. The van der Waals surface area contributed by atoms with Crippen molar-refractivity contribution in [1.82, 2.24) is 10.6 Å². The van der Waals surface area contributed by atoms with E-state index in [0.717, 1.165) is 29.6 Å². The van der Waals surface area contributed by atoms with Crippen LogP contribution < -0.4 is 15.4 Å². The highest BCUT2D eigenvalue weighted by Crippen LogP contribution is 2.25. The van der Waals surface area contributed by atoms with Gasteiger partial charge in [-0.2, -0.15) is 0 Å². The molecule has 0 aliphatic heterocycles. The molecule has 0 heterocycles. The number of nitrogens with zero attached hydrogens (tertiary/aromatic N) is 1. The van der Waals surface area contributed by atoms with E-state index in [1.54, 1.807) is 7.11 Å². The zero-order chi connectivity index (χ0) is 17.0. The molecule has 2 N–H and O–H groups in total. The molecule has 0 unspecified atom stereocenters. The first-order valence-electron chi connectivity index (χ1n) is 8.15. The molecular formula is C19H25N3O2. The van der Waals surface area contributed by atoms with Crippen LogP contribution in [0.3, 0.4) is 0 Å². The van der Waals surface area contributed by atoms with E-state index in [4.69, 9.17) is 9.47 Å². The number of benzene rings is 2. The van der Waals surface area contributed by atoms with Gasteiger partial charge in [0.25, 0.3) is 0 Å². The summed E-state index contributed by atoms with van der Waals surface area (Å²) >= 11 is 0. The lowest BCUT2D eigenvalue weighted by molar-refractivity contribution is 0.203. The van der Waals surface area contributed by atoms with E-state index in [0.29, 0.717) is 19.7 Å². The van der Waals surface area contributed by atoms with E-state index in [1.807, 2.05) is 61.5 Å². The Morgan fingerprint density at radius 2 is 1.75 bits per heavy atom. The summed E-state index contributed by atoms with van der Waals surface area (Å²) in [5.41, 5.74) is 1.03. The fourth-order valence-electron chi connectivity index (χ4n) is 2.13. The average molecular weight is 327 g/mol. The zero-order valence-electron chi connectivity index (χ0n) is 14.3. The number of ether oxygens (including phenoxy) is 2. The summed E-state index contributed by atoms with van der Waals surface area (Å²) in [6.07, 6.45) is 0. The van der Waals surface area contributed by atoms with Gasteiger partial charge in [-0.3, -0.25) is 0 Å². The Morgan fingerprint density at radius 1 is 1.00 bits per heavy atom. The van der Waals surface area contributed by atoms with E-state index in [1.165, 1.54) is 0 Å². The number of para-hydroxylation sites is 2. The molecule has 5 heteroatoms. The molecule has 0 spiro atoms. The second-order valence-electron chi connectivity index (χ2n) is 5.14. The Bertz CT molecular complexity index is 630. The van der Waals surface area contributed by atoms with Crippen LogP contribution in [0.2, 0.25) is 0 Å². The number of hydrogen-bond donors (Lipinski definition) is 2. The highest BCUT2D eigenvalue weighted by Gasteiger charge is 2.04. The molecule has 2 aromatic rings. The Labute approximate surface area is 143 Å². The normalized spacial score (nSPS) is 11.2. The van der Waals surface area contributed by atoms with Crippen molar-refractivity contribution in [2.24, 2.45) is 4.99 Å². The molecule has 0 saturated carbocycles. The predicted octanol–water partition coefficient (Wildman–Crippen LogP) is 3.18. The van der Waals surface area contributed by atoms with Gasteiger partial charge in [0.2, 0.25) is 0 Å². The number of nitrogens with one attached hydrogen (secondary N) is 2. The lowest BCUT2D eigenvalue weighted by Crippen LogP contribution is -2.38. The van der Waals surface area contributed by atoms with E-state index >= 15 is 0 Å². The molecule has 0 bridgehead atoms. The van der Waals surface area contributed by atoms with Crippen molar-refractivity contribution in [1.29, 1.82) is 0 Å². The highest BCUT2D eigenvalue weighted by molar-refractivity contribution is 5.79. The predicted molar refractivity (Wildman–Crippen MR) is 97.7 cm³/mol. The largest absolute Gasteiger partial charge is 0.457 e. The number of rotatable bonds is 8. The number of methoxy groups -OCH3 is 1. The lowest BCUT2D eigenvalue weighted by Gasteiger charge is -2.12. The molecule has 0 amide bonds. The van der Waals surface area contributed by atoms with Gasteiger partial charge in [0.15, 0.2) is 5.96 Å². The molecule has 5 nitrogen and oxygen atoms in total. The third kappa shape index (κ3) is 5.93. The van der Waals surface area contributed by atoms with Crippen LogP contribution in [-0.4, -0.2) is 32.8 Å². The number of aliphatic imine (C=N–C) groups is 1. The second-order valence-corrected chi connectivity index (χ2v) is 5.14. The maximum absolute atomic E-state index is 5.97. The Morgan fingerprint density at radius 3 is 2.50 bits per heavy atom. The van der Waals surface area contributed by atoms with Crippen LogP contribution >= 0.6 is 0 Å². The van der Waals surface area contributed by atoms with Crippen LogP contribution in [0.5, 0.6) is 11.5 Å². The summed E-state index contributed by atoms with van der Waals surface area (Å²) in [7, 11) is 1.68. The third-order valence-electron chi connectivity index (χ3n) is 3.29. The van der Waals surface area contributed by atoms with E-state index in [-0.39, 0.29) is 0 Å². The molecule has 0 aliphatic rings.